The zero-order chi connectivity index (χ0) is 13.9. The molecule has 3 N–H and O–H groups in total. The van der Waals surface area contributed by atoms with Crippen molar-refractivity contribution < 1.29 is 13.2 Å². The summed E-state index contributed by atoms with van der Waals surface area (Å²) < 4.78 is 31.0. The highest BCUT2D eigenvalue weighted by molar-refractivity contribution is 7.89. The quantitative estimate of drug-likeness (QED) is 0.616. The SMILES string of the molecule is COC[C@H](C)NS(=O)(=O)c1c(C)[nH]c(=O)[nH]c1=O. The number of ether oxygens (including phenoxy) is 1. The maximum atomic E-state index is 12.0. The van der Waals surface area contributed by atoms with Gasteiger partial charge in [-0.25, -0.2) is 17.9 Å². The van der Waals surface area contributed by atoms with E-state index in [1.807, 2.05) is 4.98 Å². The molecule has 0 aromatic carbocycles. The third-order valence-corrected chi connectivity index (χ3v) is 3.86. The van der Waals surface area contributed by atoms with Gasteiger partial charge in [0, 0.05) is 18.8 Å². The summed E-state index contributed by atoms with van der Waals surface area (Å²) in [6.45, 7) is 3.10. The number of H-pyrrole nitrogens is 2. The maximum Gasteiger partial charge on any atom is 0.325 e. The van der Waals surface area contributed by atoms with Gasteiger partial charge in [0.2, 0.25) is 10.0 Å². The van der Waals surface area contributed by atoms with Gasteiger partial charge in [-0.15, -0.1) is 0 Å². The number of sulfonamides is 1. The first kappa shape index (κ1) is 14.6. The Labute approximate surface area is 103 Å². The molecule has 0 spiro atoms. The fourth-order valence-electron chi connectivity index (χ4n) is 1.52. The molecule has 1 rings (SSSR count). The van der Waals surface area contributed by atoms with Gasteiger partial charge in [-0.05, 0) is 13.8 Å². The van der Waals surface area contributed by atoms with Gasteiger partial charge < -0.3 is 9.72 Å². The number of hydrogen-bond acceptors (Lipinski definition) is 5. The largest absolute Gasteiger partial charge is 0.383 e. The van der Waals surface area contributed by atoms with Crippen LogP contribution in [0.4, 0.5) is 0 Å². The molecule has 0 aliphatic heterocycles. The van der Waals surface area contributed by atoms with Crippen molar-refractivity contribution in [2.45, 2.75) is 24.8 Å². The number of aryl methyl sites for hydroxylation is 1. The van der Waals surface area contributed by atoms with Crippen LogP contribution in [0, 0.1) is 6.92 Å². The minimum absolute atomic E-state index is 0.0131. The predicted octanol–water partition coefficient (Wildman–Crippen LogP) is -1.32. The average molecular weight is 277 g/mol. The third-order valence-electron chi connectivity index (χ3n) is 2.12. The van der Waals surface area contributed by atoms with Crippen LogP contribution in [0.1, 0.15) is 12.6 Å². The first-order valence-corrected chi connectivity index (χ1v) is 6.60. The van der Waals surface area contributed by atoms with Crippen molar-refractivity contribution in [3.8, 4) is 0 Å². The van der Waals surface area contributed by atoms with Crippen LogP contribution in [0.25, 0.3) is 0 Å². The number of rotatable bonds is 5. The molecule has 1 aromatic heterocycles. The van der Waals surface area contributed by atoms with Gasteiger partial charge in [0.1, 0.15) is 0 Å². The molecule has 1 heterocycles. The Balaban J connectivity index is 3.22. The van der Waals surface area contributed by atoms with Gasteiger partial charge in [0.25, 0.3) is 5.56 Å². The monoisotopic (exact) mass is 277 g/mol. The summed E-state index contributed by atoms with van der Waals surface area (Å²) in [4.78, 5) is 26.1. The summed E-state index contributed by atoms with van der Waals surface area (Å²) in [6.07, 6.45) is 0. The molecule has 0 saturated carbocycles. The van der Waals surface area contributed by atoms with Crippen LogP contribution in [-0.2, 0) is 14.8 Å². The van der Waals surface area contributed by atoms with E-state index >= 15 is 0 Å². The first-order valence-electron chi connectivity index (χ1n) is 5.12. The summed E-state index contributed by atoms with van der Waals surface area (Å²) >= 11 is 0. The molecule has 8 nitrogen and oxygen atoms in total. The Bertz CT molecular complexity index is 630. The highest BCUT2D eigenvalue weighted by atomic mass is 32.2. The van der Waals surface area contributed by atoms with Gasteiger partial charge in [0.05, 0.1) is 6.61 Å². The van der Waals surface area contributed by atoms with Crippen LogP contribution >= 0.6 is 0 Å². The molecule has 1 atom stereocenters. The van der Waals surface area contributed by atoms with Gasteiger partial charge in [0.15, 0.2) is 4.90 Å². The second kappa shape index (κ2) is 5.46. The van der Waals surface area contributed by atoms with Crippen LogP contribution in [0.15, 0.2) is 14.5 Å². The van der Waals surface area contributed by atoms with E-state index in [4.69, 9.17) is 4.74 Å². The Hall–Kier alpha value is -1.45. The molecule has 0 aliphatic rings. The lowest BCUT2D eigenvalue weighted by Crippen LogP contribution is -2.40. The number of methoxy groups -OCH3 is 1. The molecule has 9 heteroatoms. The minimum atomic E-state index is -4.00. The van der Waals surface area contributed by atoms with Crippen LogP contribution in [0.5, 0.6) is 0 Å². The molecule has 102 valence electrons. The van der Waals surface area contributed by atoms with Gasteiger partial charge in [-0.1, -0.05) is 0 Å². The zero-order valence-corrected chi connectivity index (χ0v) is 11.1. The van der Waals surface area contributed by atoms with E-state index in [0.29, 0.717) is 0 Å². The molecule has 18 heavy (non-hydrogen) atoms. The lowest BCUT2D eigenvalue weighted by Gasteiger charge is -2.13. The Kier molecular flexibility index (Phi) is 4.43. The van der Waals surface area contributed by atoms with E-state index in [9.17, 15) is 18.0 Å². The third kappa shape index (κ3) is 3.28. The number of hydrogen-bond donors (Lipinski definition) is 3. The fraction of sp³-hybridized carbons (Fsp3) is 0.556. The molecular weight excluding hydrogens is 262 g/mol. The topological polar surface area (TPSA) is 121 Å². The summed E-state index contributed by atoms with van der Waals surface area (Å²) in [7, 11) is -2.57. The number of nitrogens with one attached hydrogen (secondary N) is 3. The van der Waals surface area contributed by atoms with Crippen molar-refractivity contribution in [3.63, 3.8) is 0 Å². The van der Waals surface area contributed by atoms with Gasteiger partial charge >= 0.3 is 5.69 Å². The maximum absolute atomic E-state index is 12.0. The van der Waals surface area contributed by atoms with Crippen LogP contribution < -0.4 is 16.0 Å². The zero-order valence-electron chi connectivity index (χ0n) is 10.2. The molecule has 0 saturated heterocycles. The van der Waals surface area contributed by atoms with Crippen LogP contribution in [0.3, 0.4) is 0 Å². The minimum Gasteiger partial charge on any atom is -0.383 e. The summed E-state index contributed by atoms with van der Waals surface area (Å²) in [6, 6.07) is -0.495. The Morgan fingerprint density at radius 1 is 1.33 bits per heavy atom. The molecular formula is C9H15N3O5S. The van der Waals surface area contributed by atoms with E-state index < -0.39 is 32.2 Å². The molecule has 0 amide bonds. The molecule has 0 radical (unpaired) electrons. The smallest absolute Gasteiger partial charge is 0.325 e. The van der Waals surface area contributed by atoms with Crippen molar-refractivity contribution >= 4 is 10.0 Å². The normalized spacial score (nSPS) is 13.5. The highest BCUT2D eigenvalue weighted by Gasteiger charge is 2.23. The highest BCUT2D eigenvalue weighted by Crippen LogP contribution is 2.05. The number of aromatic amines is 2. The first-order chi connectivity index (χ1) is 8.27. The summed E-state index contributed by atoms with van der Waals surface area (Å²) in [5, 5.41) is 0. The Morgan fingerprint density at radius 2 is 1.94 bits per heavy atom. The Morgan fingerprint density at radius 3 is 2.44 bits per heavy atom. The molecule has 0 bridgehead atoms. The van der Waals surface area contributed by atoms with Crippen molar-refractivity contribution in [3.05, 3.63) is 26.5 Å². The average Bonchev–Trinajstić information content (AvgIpc) is 2.13. The van der Waals surface area contributed by atoms with E-state index in [0.717, 1.165) is 0 Å². The van der Waals surface area contributed by atoms with Crippen LogP contribution in [-0.4, -0.2) is 38.1 Å². The van der Waals surface area contributed by atoms with E-state index in [-0.39, 0.29) is 12.3 Å². The lowest BCUT2D eigenvalue weighted by molar-refractivity contribution is 0.180. The second-order valence-corrected chi connectivity index (χ2v) is 5.49. The number of aromatic nitrogens is 2. The summed E-state index contributed by atoms with van der Waals surface area (Å²) in [5.74, 6) is 0. The standard InChI is InChI=1S/C9H15N3O5S/c1-5(4-17-3)12-18(15,16)7-6(2)10-9(14)11-8(7)13/h5,12H,4H2,1-3H3,(H2,10,11,13,14)/t5-/m0/s1. The molecule has 0 fully saturated rings. The lowest BCUT2D eigenvalue weighted by atomic mass is 10.4. The van der Waals surface area contributed by atoms with E-state index in [1.54, 1.807) is 6.92 Å². The van der Waals surface area contributed by atoms with Gasteiger partial charge in [-0.2, -0.15) is 0 Å². The fourth-order valence-corrected chi connectivity index (χ4v) is 2.98. The van der Waals surface area contributed by atoms with Crippen molar-refractivity contribution in [2.24, 2.45) is 0 Å². The summed E-state index contributed by atoms with van der Waals surface area (Å²) in [5.41, 5.74) is -1.71. The van der Waals surface area contributed by atoms with Crippen molar-refractivity contribution in [1.29, 1.82) is 0 Å². The van der Waals surface area contributed by atoms with E-state index in [2.05, 4.69) is 9.71 Å². The van der Waals surface area contributed by atoms with Crippen molar-refractivity contribution in [2.75, 3.05) is 13.7 Å². The van der Waals surface area contributed by atoms with Gasteiger partial charge in [-0.3, -0.25) is 9.78 Å². The van der Waals surface area contributed by atoms with E-state index in [1.165, 1.54) is 14.0 Å². The molecule has 1 aromatic rings. The van der Waals surface area contributed by atoms with Crippen LogP contribution in [0.2, 0.25) is 0 Å². The predicted molar refractivity (Wildman–Crippen MR) is 64.1 cm³/mol. The van der Waals surface area contributed by atoms with Crippen molar-refractivity contribution in [1.82, 2.24) is 14.7 Å². The second-order valence-electron chi connectivity index (χ2n) is 3.84. The molecule has 0 unspecified atom stereocenters. The molecule has 0 aliphatic carbocycles.